The quantitative estimate of drug-likeness (QED) is 0.698. The van der Waals surface area contributed by atoms with Crippen molar-refractivity contribution in [3.63, 3.8) is 0 Å². The van der Waals surface area contributed by atoms with Crippen LogP contribution in [-0.4, -0.2) is 29.3 Å². The molecule has 0 unspecified atom stereocenters. The minimum absolute atomic E-state index is 0.146. The summed E-state index contributed by atoms with van der Waals surface area (Å²) in [6.07, 6.45) is -0.659. The van der Waals surface area contributed by atoms with Crippen molar-refractivity contribution in [3.05, 3.63) is 47.7 Å². The van der Waals surface area contributed by atoms with E-state index in [2.05, 4.69) is 15.5 Å². The van der Waals surface area contributed by atoms with Crippen LogP contribution >= 0.6 is 11.3 Å². The van der Waals surface area contributed by atoms with Crippen LogP contribution in [0.4, 0.5) is 0 Å². The third kappa shape index (κ3) is 4.36. The Morgan fingerprint density at radius 2 is 2.04 bits per heavy atom. The summed E-state index contributed by atoms with van der Waals surface area (Å²) in [4.78, 5) is 17.3. The number of aromatic nitrogens is 2. The molecule has 1 N–H and O–H groups in total. The Morgan fingerprint density at radius 1 is 1.28 bits per heavy atom. The van der Waals surface area contributed by atoms with E-state index in [0.29, 0.717) is 17.5 Å². The first kappa shape index (κ1) is 17.0. The maximum absolute atomic E-state index is 12.1. The second-order valence-corrected chi connectivity index (χ2v) is 6.09. The van der Waals surface area contributed by atoms with E-state index in [1.807, 2.05) is 17.5 Å². The Labute approximate surface area is 148 Å². The minimum atomic E-state index is -0.659. The number of hydrogen-bond acceptors (Lipinski definition) is 7. The van der Waals surface area contributed by atoms with Gasteiger partial charge in [-0.3, -0.25) is 4.79 Å². The van der Waals surface area contributed by atoms with Crippen molar-refractivity contribution in [2.45, 2.75) is 19.6 Å². The van der Waals surface area contributed by atoms with Crippen LogP contribution in [0, 0.1) is 0 Å². The molecule has 2 aromatic heterocycles. The highest BCUT2D eigenvalue weighted by Gasteiger charge is 2.16. The molecule has 130 valence electrons. The van der Waals surface area contributed by atoms with Gasteiger partial charge >= 0.3 is 0 Å². The molecule has 8 heteroatoms. The zero-order chi connectivity index (χ0) is 17.6. The summed E-state index contributed by atoms with van der Waals surface area (Å²) in [5.74, 6) is 1.89. The molecule has 25 heavy (non-hydrogen) atoms. The van der Waals surface area contributed by atoms with E-state index in [1.165, 1.54) is 11.3 Å². The van der Waals surface area contributed by atoms with Crippen molar-refractivity contribution in [3.8, 4) is 22.2 Å². The third-order valence-electron chi connectivity index (χ3n) is 3.37. The van der Waals surface area contributed by atoms with E-state index in [4.69, 9.17) is 14.0 Å². The van der Waals surface area contributed by atoms with Crippen molar-refractivity contribution >= 4 is 17.2 Å². The number of carbonyl (C=O) groups is 1. The summed E-state index contributed by atoms with van der Waals surface area (Å²) >= 11 is 1.52. The molecular weight excluding hydrogens is 342 g/mol. The van der Waals surface area contributed by atoms with Gasteiger partial charge in [-0.05, 0) is 42.6 Å². The predicted molar refractivity (Wildman–Crippen MR) is 92.5 cm³/mol. The van der Waals surface area contributed by atoms with Crippen LogP contribution in [0.25, 0.3) is 10.7 Å². The normalized spacial score (nSPS) is 11.8. The molecule has 0 bridgehead atoms. The van der Waals surface area contributed by atoms with Gasteiger partial charge in [-0.25, -0.2) is 0 Å². The molecule has 0 radical (unpaired) electrons. The number of hydrogen-bond donors (Lipinski definition) is 1. The summed E-state index contributed by atoms with van der Waals surface area (Å²) in [6.45, 7) is 1.82. The maximum atomic E-state index is 12.1. The second kappa shape index (κ2) is 7.80. The van der Waals surface area contributed by atoms with Gasteiger partial charge < -0.3 is 19.3 Å². The predicted octanol–water partition coefficient (Wildman–Crippen LogP) is 2.89. The number of nitrogens with zero attached hydrogens (tertiary/aromatic N) is 2. The van der Waals surface area contributed by atoms with Gasteiger partial charge in [0.05, 0.1) is 18.5 Å². The molecule has 1 aromatic carbocycles. The van der Waals surface area contributed by atoms with Gasteiger partial charge in [0.25, 0.3) is 5.91 Å². The topological polar surface area (TPSA) is 86.5 Å². The molecule has 3 aromatic rings. The smallest absolute Gasteiger partial charge is 0.261 e. The fourth-order valence-corrected chi connectivity index (χ4v) is 2.70. The fraction of sp³-hybridized carbons (Fsp3) is 0.235. The number of thiophene rings is 1. The summed E-state index contributed by atoms with van der Waals surface area (Å²) in [5, 5.41) is 8.55. The summed E-state index contributed by atoms with van der Waals surface area (Å²) < 4.78 is 15.8. The second-order valence-electron chi connectivity index (χ2n) is 5.14. The average Bonchev–Trinajstić information content (AvgIpc) is 3.31. The standard InChI is InChI=1S/C17H17N3O4S/c1-11(23-13-7-5-12(22-2)6-8-13)17(21)18-10-15-19-16(20-24-15)14-4-3-9-25-14/h3-9,11H,10H2,1-2H3,(H,18,21)/t11-/m0/s1. The molecule has 0 aliphatic carbocycles. The van der Waals surface area contributed by atoms with Crippen LogP contribution in [0.2, 0.25) is 0 Å². The van der Waals surface area contributed by atoms with Crippen LogP contribution in [0.1, 0.15) is 12.8 Å². The number of methoxy groups -OCH3 is 1. The number of nitrogens with one attached hydrogen (secondary N) is 1. The molecule has 0 aliphatic rings. The molecule has 0 spiro atoms. The lowest BCUT2D eigenvalue weighted by molar-refractivity contribution is -0.127. The van der Waals surface area contributed by atoms with E-state index >= 15 is 0 Å². The lowest BCUT2D eigenvalue weighted by atomic mass is 10.3. The van der Waals surface area contributed by atoms with Gasteiger partial charge in [-0.1, -0.05) is 11.2 Å². The molecular formula is C17H17N3O4S. The molecule has 7 nitrogen and oxygen atoms in total. The van der Waals surface area contributed by atoms with Gasteiger partial charge in [0.15, 0.2) is 6.10 Å². The highest BCUT2D eigenvalue weighted by Crippen LogP contribution is 2.21. The van der Waals surface area contributed by atoms with E-state index in [0.717, 1.165) is 10.6 Å². The average molecular weight is 359 g/mol. The van der Waals surface area contributed by atoms with E-state index in [1.54, 1.807) is 38.3 Å². The first-order valence-electron chi connectivity index (χ1n) is 7.60. The number of benzene rings is 1. The van der Waals surface area contributed by atoms with Crippen molar-refractivity contribution in [1.82, 2.24) is 15.5 Å². The minimum Gasteiger partial charge on any atom is -0.497 e. The summed E-state index contributed by atoms with van der Waals surface area (Å²) in [6, 6.07) is 10.8. The van der Waals surface area contributed by atoms with Gasteiger partial charge in [-0.2, -0.15) is 4.98 Å². The lowest BCUT2D eigenvalue weighted by Gasteiger charge is -2.14. The Balaban J connectivity index is 1.51. The van der Waals surface area contributed by atoms with Crippen LogP contribution < -0.4 is 14.8 Å². The van der Waals surface area contributed by atoms with E-state index in [-0.39, 0.29) is 12.5 Å². The lowest BCUT2D eigenvalue weighted by Crippen LogP contribution is -2.35. The Kier molecular flexibility index (Phi) is 5.30. The molecule has 0 saturated carbocycles. The molecule has 1 amide bonds. The molecule has 0 fully saturated rings. The van der Waals surface area contributed by atoms with E-state index < -0.39 is 6.10 Å². The Morgan fingerprint density at radius 3 is 2.72 bits per heavy atom. The van der Waals surface area contributed by atoms with Crippen molar-refractivity contribution in [1.29, 1.82) is 0 Å². The molecule has 2 heterocycles. The summed E-state index contributed by atoms with van der Waals surface area (Å²) in [7, 11) is 1.59. The van der Waals surface area contributed by atoms with Gasteiger partial charge in [0, 0.05) is 0 Å². The van der Waals surface area contributed by atoms with Crippen molar-refractivity contribution in [2.24, 2.45) is 0 Å². The van der Waals surface area contributed by atoms with E-state index in [9.17, 15) is 4.79 Å². The summed E-state index contributed by atoms with van der Waals surface area (Å²) in [5.41, 5.74) is 0. The highest BCUT2D eigenvalue weighted by molar-refractivity contribution is 7.13. The van der Waals surface area contributed by atoms with Crippen LogP contribution in [-0.2, 0) is 11.3 Å². The number of carbonyl (C=O) groups excluding carboxylic acids is 1. The Hall–Kier alpha value is -2.87. The third-order valence-corrected chi connectivity index (χ3v) is 4.23. The SMILES string of the molecule is COc1ccc(O[C@@H](C)C(=O)NCc2nc(-c3cccs3)no2)cc1. The van der Waals surface area contributed by atoms with Gasteiger partial charge in [0.1, 0.15) is 11.5 Å². The molecule has 0 aliphatic heterocycles. The number of amides is 1. The zero-order valence-electron chi connectivity index (χ0n) is 13.8. The monoisotopic (exact) mass is 359 g/mol. The highest BCUT2D eigenvalue weighted by atomic mass is 32.1. The molecule has 1 atom stereocenters. The van der Waals surface area contributed by atoms with Crippen molar-refractivity contribution in [2.75, 3.05) is 7.11 Å². The molecule has 3 rings (SSSR count). The maximum Gasteiger partial charge on any atom is 0.261 e. The van der Waals surface area contributed by atoms with Crippen LogP contribution in [0.15, 0.2) is 46.3 Å². The van der Waals surface area contributed by atoms with Gasteiger partial charge in [0.2, 0.25) is 11.7 Å². The Bertz CT molecular complexity index is 815. The number of rotatable bonds is 7. The first-order chi connectivity index (χ1) is 12.2. The van der Waals surface area contributed by atoms with Crippen LogP contribution in [0.5, 0.6) is 11.5 Å². The van der Waals surface area contributed by atoms with Crippen molar-refractivity contribution < 1.29 is 18.8 Å². The van der Waals surface area contributed by atoms with Gasteiger partial charge in [-0.15, -0.1) is 11.3 Å². The molecule has 0 saturated heterocycles. The van der Waals surface area contributed by atoms with Crippen LogP contribution in [0.3, 0.4) is 0 Å². The zero-order valence-corrected chi connectivity index (χ0v) is 14.6. The first-order valence-corrected chi connectivity index (χ1v) is 8.48. The largest absolute Gasteiger partial charge is 0.497 e. The number of ether oxygens (including phenoxy) is 2. The fourth-order valence-electron chi connectivity index (χ4n) is 2.05.